The van der Waals surface area contributed by atoms with E-state index in [2.05, 4.69) is 0 Å². The molecule has 0 aromatic heterocycles. The summed E-state index contributed by atoms with van der Waals surface area (Å²) in [5.41, 5.74) is 6.50. The maximum absolute atomic E-state index is 11.4. The van der Waals surface area contributed by atoms with Gasteiger partial charge in [-0.2, -0.15) is 0 Å². The molecular weight excluding hydrogens is 321 g/mol. The molecule has 104 valence electrons. The van der Waals surface area contributed by atoms with Crippen molar-refractivity contribution in [3.8, 4) is 11.5 Å². The number of nitrogens with two attached hydrogens (primary N) is 1. The third kappa shape index (κ3) is 3.18. The van der Waals surface area contributed by atoms with Gasteiger partial charge < -0.3 is 10.5 Å². The van der Waals surface area contributed by atoms with E-state index in [1.54, 1.807) is 18.2 Å². The average molecular weight is 331 g/mol. The molecule has 0 heterocycles. The second-order valence-corrected chi connectivity index (χ2v) is 5.33. The molecular formula is C14H10Cl3NO2. The predicted molar refractivity (Wildman–Crippen MR) is 82.4 cm³/mol. The zero-order chi connectivity index (χ0) is 14.9. The first-order valence-corrected chi connectivity index (χ1v) is 6.74. The molecule has 0 aliphatic heterocycles. The third-order valence-electron chi connectivity index (χ3n) is 2.61. The molecule has 0 saturated carbocycles. The van der Waals surface area contributed by atoms with E-state index in [1.165, 1.54) is 19.1 Å². The number of rotatable bonds is 3. The summed E-state index contributed by atoms with van der Waals surface area (Å²) >= 11 is 17.8. The Morgan fingerprint density at radius 3 is 2.35 bits per heavy atom. The van der Waals surface area contributed by atoms with Crippen LogP contribution in [0.5, 0.6) is 11.5 Å². The van der Waals surface area contributed by atoms with Crippen LogP contribution in [0.2, 0.25) is 15.1 Å². The molecule has 0 saturated heterocycles. The van der Waals surface area contributed by atoms with Gasteiger partial charge in [-0.3, -0.25) is 4.79 Å². The van der Waals surface area contributed by atoms with E-state index in [4.69, 9.17) is 45.3 Å². The van der Waals surface area contributed by atoms with Gasteiger partial charge in [0, 0.05) is 17.3 Å². The number of carbonyl (C=O) groups is 1. The van der Waals surface area contributed by atoms with E-state index in [0.717, 1.165) is 0 Å². The minimum atomic E-state index is -0.145. The Hall–Kier alpha value is -1.42. The molecule has 2 aromatic carbocycles. The number of halogens is 3. The molecule has 2 aromatic rings. The summed E-state index contributed by atoms with van der Waals surface area (Å²) in [5.74, 6) is 0.637. The maximum atomic E-state index is 11.4. The molecule has 2 rings (SSSR count). The smallest absolute Gasteiger partial charge is 0.162 e. The Morgan fingerprint density at radius 2 is 1.70 bits per heavy atom. The predicted octanol–water partition coefficient (Wildman–Crippen LogP) is 5.22. The fourth-order valence-electron chi connectivity index (χ4n) is 1.61. The average Bonchev–Trinajstić information content (AvgIpc) is 2.37. The van der Waals surface area contributed by atoms with Crippen molar-refractivity contribution in [3.05, 3.63) is 51.0 Å². The van der Waals surface area contributed by atoms with E-state index < -0.39 is 0 Å². The lowest BCUT2D eigenvalue weighted by Gasteiger charge is -2.10. The van der Waals surface area contributed by atoms with E-state index >= 15 is 0 Å². The lowest BCUT2D eigenvalue weighted by molar-refractivity contribution is 0.101. The van der Waals surface area contributed by atoms with E-state index in [1.807, 2.05) is 0 Å². The number of benzene rings is 2. The van der Waals surface area contributed by atoms with E-state index in [9.17, 15) is 4.79 Å². The zero-order valence-corrected chi connectivity index (χ0v) is 12.7. The van der Waals surface area contributed by atoms with Crippen molar-refractivity contribution in [2.75, 3.05) is 5.73 Å². The van der Waals surface area contributed by atoms with Crippen LogP contribution in [0, 0.1) is 0 Å². The van der Waals surface area contributed by atoms with Gasteiger partial charge in [0.15, 0.2) is 5.78 Å². The summed E-state index contributed by atoms with van der Waals surface area (Å²) < 4.78 is 5.61. The van der Waals surface area contributed by atoms with Crippen molar-refractivity contribution in [2.24, 2.45) is 0 Å². The van der Waals surface area contributed by atoms with Crippen LogP contribution >= 0.6 is 34.8 Å². The molecule has 0 atom stereocenters. The fourth-order valence-corrected chi connectivity index (χ4v) is 2.19. The number of anilines is 1. The first-order chi connectivity index (χ1) is 9.38. The molecule has 0 radical (unpaired) electrons. The van der Waals surface area contributed by atoms with E-state index in [0.29, 0.717) is 37.8 Å². The van der Waals surface area contributed by atoms with Crippen molar-refractivity contribution in [1.82, 2.24) is 0 Å². The minimum Gasteiger partial charge on any atom is -0.456 e. The lowest BCUT2D eigenvalue weighted by atomic mass is 10.1. The molecule has 3 nitrogen and oxygen atoms in total. The highest BCUT2D eigenvalue weighted by Gasteiger charge is 2.11. The summed E-state index contributed by atoms with van der Waals surface area (Å²) in [6.07, 6.45) is 0. The standard InChI is InChI=1S/C14H10Cl3NO2/c1-7(19)9-4-8(2-3-13(9)18)20-14-6-11(16)10(15)5-12(14)17/h2-6H,18H2,1H3. The number of hydrogen-bond donors (Lipinski definition) is 1. The zero-order valence-electron chi connectivity index (χ0n) is 10.4. The number of ketones is 1. The van der Waals surface area contributed by atoms with Crippen LogP contribution in [0.1, 0.15) is 17.3 Å². The largest absolute Gasteiger partial charge is 0.456 e. The Morgan fingerprint density at radius 1 is 1.05 bits per heavy atom. The highest BCUT2D eigenvalue weighted by Crippen LogP contribution is 2.36. The second kappa shape index (κ2) is 5.92. The third-order valence-corrected chi connectivity index (χ3v) is 3.62. The second-order valence-electron chi connectivity index (χ2n) is 4.10. The number of hydrogen-bond acceptors (Lipinski definition) is 3. The first-order valence-electron chi connectivity index (χ1n) is 5.61. The Kier molecular flexibility index (Phi) is 4.43. The number of carbonyl (C=O) groups excluding carboxylic acids is 1. The van der Waals surface area contributed by atoms with Crippen LogP contribution in [-0.4, -0.2) is 5.78 Å². The number of ether oxygens (including phenoxy) is 1. The number of Topliss-reactive ketones (excluding diaryl/α,β-unsaturated/α-hetero) is 1. The number of nitrogen functional groups attached to an aromatic ring is 1. The van der Waals surface area contributed by atoms with Crippen molar-refractivity contribution < 1.29 is 9.53 Å². The maximum Gasteiger partial charge on any atom is 0.162 e. The summed E-state index contributed by atoms with van der Waals surface area (Å²) in [5, 5.41) is 0.986. The van der Waals surface area contributed by atoms with Crippen molar-refractivity contribution in [1.29, 1.82) is 0 Å². The van der Waals surface area contributed by atoms with E-state index in [-0.39, 0.29) is 5.78 Å². The molecule has 0 spiro atoms. The quantitative estimate of drug-likeness (QED) is 0.476. The van der Waals surface area contributed by atoms with Gasteiger partial charge in [0.25, 0.3) is 0 Å². The fraction of sp³-hybridized carbons (Fsp3) is 0.0714. The van der Waals surface area contributed by atoms with Gasteiger partial charge in [0.2, 0.25) is 0 Å². The lowest BCUT2D eigenvalue weighted by Crippen LogP contribution is -1.99. The molecule has 0 aliphatic carbocycles. The molecule has 0 fully saturated rings. The van der Waals surface area contributed by atoms with Crippen molar-refractivity contribution >= 4 is 46.3 Å². The van der Waals surface area contributed by atoms with Crippen molar-refractivity contribution in [2.45, 2.75) is 6.92 Å². The highest BCUT2D eigenvalue weighted by atomic mass is 35.5. The molecule has 20 heavy (non-hydrogen) atoms. The van der Waals surface area contributed by atoms with Crippen LogP contribution in [0.3, 0.4) is 0 Å². The molecule has 0 unspecified atom stereocenters. The highest BCUT2D eigenvalue weighted by molar-refractivity contribution is 6.43. The topological polar surface area (TPSA) is 52.3 Å². The molecule has 0 bridgehead atoms. The molecule has 2 N–H and O–H groups in total. The SMILES string of the molecule is CC(=O)c1cc(Oc2cc(Cl)c(Cl)cc2Cl)ccc1N. The van der Waals surface area contributed by atoms with Gasteiger partial charge >= 0.3 is 0 Å². The van der Waals surface area contributed by atoms with Gasteiger partial charge in [-0.25, -0.2) is 0 Å². The van der Waals surface area contributed by atoms with Gasteiger partial charge in [-0.1, -0.05) is 34.8 Å². The monoisotopic (exact) mass is 329 g/mol. The summed E-state index contributed by atoms with van der Waals surface area (Å²) in [7, 11) is 0. The van der Waals surface area contributed by atoms with Crippen LogP contribution < -0.4 is 10.5 Å². The Labute approximate surface area is 131 Å². The van der Waals surface area contributed by atoms with Gasteiger partial charge in [-0.15, -0.1) is 0 Å². The minimum absolute atomic E-state index is 0.145. The molecule has 0 aliphatic rings. The van der Waals surface area contributed by atoms with Crippen molar-refractivity contribution in [3.63, 3.8) is 0 Å². The Balaban J connectivity index is 2.38. The van der Waals surface area contributed by atoms with Crippen LogP contribution in [0.15, 0.2) is 30.3 Å². The molecule has 0 amide bonds. The summed E-state index contributed by atoms with van der Waals surface area (Å²) in [4.78, 5) is 11.4. The first kappa shape index (κ1) is 15.0. The van der Waals surface area contributed by atoms with Gasteiger partial charge in [0.1, 0.15) is 11.5 Å². The summed E-state index contributed by atoms with van der Waals surface area (Å²) in [6, 6.07) is 7.79. The van der Waals surface area contributed by atoms with Crippen LogP contribution in [0.4, 0.5) is 5.69 Å². The van der Waals surface area contributed by atoms with Crippen LogP contribution in [-0.2, 0) is 0 Å². The van der Waals surface area contributed by atoms with Gasteiger partial charge in [-0.05, 0) is 31.2 Å². The van der Waals surface area contributed by atoms with Gasteiger partial charge in [0.05, 0.1) is 15.1 Å². The van der Waals surface area contributed by atoms with Crippen LogP contribution in [0.25, 0.3) is 0 Å². The normalized spacial score (nSPS) is 10.4. The molecule has 6 heteroatoms. The summed E-state index contributed by atoms with van der Waals surface area (Å²) in [6.45, 7) is 1.43. The Bertz CT molecular complexity index is 686.